The third-order valence-electron chi connectivity index (χ3n) is 5.24. The Morgan fingerprint density at radius 3 is 2.61 bits per heavy atom. The molecule has 2 aromatic carbocycles. The van der Waals surface area contributed by atoms with Gasteiger partial charge < -0.3 is 28.8 Å². The number of hydrogen-bond donors (Lipinski definition) is 1. The number of ether oxygens (including phenoxy) is 5. The van der Waals surface area contributed by atoms with E-state index in [0.29, 0.717) is 35.0 Å². The standard InChI is InChI=1S/C21H22O7/c1-24-15-6-4-13(9-17(15)25-2)20(22)19-14(10-26-21(19)23)7-12-3-5-16-18(8-12)28-11-27-16/h3-6,8-9,14,19-20,22H,7,10-11H2,1-2H3/t14-,19-,20?/m0/s1. The summed E-state index contributed by atoms with van der Waals surface area (Å²) >= 11 is 0. The quantitative estimate of drug-likeness (QED) is 0.764. The zero-order chi connectivity index (χ0) is 19.7. The van der Waals surface area contributed by atoms with Crippen molar-refractivity contribution < 1.29 is 33.6 Å². The Hall–Kier alpha value is -2.93. The fraction of sp³-hybridized carbons (Fsp3) is 0.381. The summed E-state index contributed by atoms with van der Waals surface area (Å²) in [6, 6.07) is 10.8. The maximum Gasteiger partial charge on any atom is 0.312 e. The van der Waals surface area contributed by atoms with Crippen molar-refractivity contribution in [2.45, 2.75) is 12.5 Å². The summed E-state index contributed by atoms with van der Waals surface area (Å²) in [6.07, 6.45) is -0.425. The van der Waals surface area contributed by atoms with Gasteiger partial charge in [0.25, 0.3) is 0 Å². The first kappa shape index (κ1) is 18.4. The van der Waals surface area contributed by atoms with Gasteiger partial charge in [-0.2, -0.15) is 0 Å². The van der Waals surface area contributed by atoms with Crippen molar-refractivity contribution in [3.05, 3.63) is 47.5 Å². The molecule has 0 radical (unpaired) electrons. The van der Waals surface area contributed by atoms with Gasteiger partial charge in [-0.1, -0.05) is 12.1 Å². The zero-order valence-electron chi connectivity index (χ0n) is 15.7. The van der Waals surface area contributed by atoms with E-state index in [4.69, 9.17) is 23.7 Å². The van der Waals surface area contributed by atoms with Gasteiger partial charge in [0.15, 0.2) is 23.0 Å². The fourth-order valence-corrected chi connectivity index (χ4v) is 3.77. The van der Waals surface area contributed by atoms with Crippen LogP contribution in [0.15, 0.2) is 36.4 Å². The number of benzene rings is 2. The number of cyclic esters (lactones) is 1. The smallest absolute Gasteiger partial charge is 0.312 e. The Balaban J connectivity index is 1.55. The van der Waals surface area contributed by atoms with Gasteiger partial charge in [0.05, 0.1) is 32.8 Å². The maximum absolute atomic E-state index is 12.4. The molecule has 2 aliphatic rings. The molecule has 4 rings (SSSR count). The van der Waals surface area contributed by atoms with Crippen LogP contribution in [0, 0.1) is 11.8 Å². The SMILES string of the molecule is COc1ccc(C(O)[C@H]2C(=O)OC[C@@H]2Cc2ccc3c(c2)OCO3)cc1OC. The van der Waals surface area contributed by atoms with E-state index in [1.54, 1.807) is 25.3 Å². The van der Waals surface area contributed by atoms with Gasteiger partial charge in [0, 0.05) is 5.92 Å². The molecule has 0 spiro atoms. The van der Waals surface area contributed by atoms with Gasteiger partial charge in [0.1, 0.15) is 0 Å². The van der Waals surface area contributed by atoms with Crippen LogP contribution in [-0.4, -0.2) is 38.7 Å². The molecule has 2 heterocycles. The molecule has 148 valence electrons. The lowest BCUT2D eigenvalue weighted by atomic mass is 9.83. The third-order valence-corrected chi connectivity index (χ3v) is 5.24. The van der Waals surface area contributed by atoms with Gasteiger partial charge in [-0.25, -0.2) is 0 Å². The second kappa shape index (κ2) is 7.59. The van der Waals surface area contributed by atoms with Gasteiger partial charge in [-0.3, -0.25) is 4.79 Å². The lowest BCUT2D eigenvalue weighted by Crippen LogP contribution is -2.25. The van der Waals surface area contributed by atoms with Crippen LogP contribution < -0.4 is 18.9 Å². The summed E-state index contributed by atoms with van der Waals surface area (Å²) in [6.45, 7) is 0.479. The van der Waals surface area contributed by atoms with Crippen LogP contribution in [0.25, 0.3) is 0 Å². The molecule has 28 heavy (non-hydrogen) atoms. The fourth-order valence-electron chi connectivity index (χ4n) is 3.77. The normalized spacial score (nSPS) is 21.3. The molecule has 1 saturated heterocycles. The van der Waals surface area contributed by atoms with Crippen LogP contribution in [0.5, 0.6) is 23.0 Å². The minimum Gasteiger partial charge on any atom is -0.493 e. The van der Waals surface area contributed by atoms with E-state index in [0.717, 1.165) is 5.56 Å². The largest absolute Gasteiger partial charge is 0.493 e. The number of rotatable bonds is 6. The maximum atomic E-state index is 12.4. The molecular formula is C21H22O7. The second-order valence-corrected chi connectivity index (χ2v) is 6.87. The Kier molecular flexibility index (Phi) is 5.00. The van der Waals surface area contributed by atoms with Crippen molar-refractivity contribution in [1.82, 2.24) is 0 Å². The molecular weight excluding hydrogens is 364 g/mol. The van der Waals surface area contributed by atoms with Crippen molar-refractivity contribution in [2.75, 3.05) is 27.6 Å². The first-order valence-electron chi connectivity index (χ1n) is 9.06. The van der Waals surface area contributed by atoms with E-state index in [1.807, 2.05) is 18.2 Å². The number of aliphatic hydroxyl groups is 1. The Morgan fingerprint density at radius 2 is 1.82 bits per heavy atom. The minimum absolute atomic E-state index is 0.157. The van der Waals surface area contributed by atoms with Gasteiger partial charge in [-0.05, 0) is 41.8 Å². The van der Waals surface area contributed by atoms with E-state index in [-0.39, 0.29) is 19.3 Å². The van der Waals surface area contributed by atoms with Crippen molar-refractivity contribution >= 4 is 5.97 Å². The number of fused-ring (bicyclic) bond motifs is 1. The topological polar surface area (TPSA) is 83.5 Å². The molecule has 7 heteroatoms. The highest BCUT2D eigenvalue weighted by Gasteiger charge is 2.42. The first-order chi connectivity index (χ1) is 13.6. The van der Waals surface area contributed by atoms with Gasteiger partial charge >= 0.3 is 5.97 Å². The lowest BCUT2D eigenvalue weighted by molar-refractivity contribution is -0.144. The Morgan fingerprint density at radius 1 is 1.04 bits per heavy atom. The summed E-state index contributed by atoms with van der Waals surface area (Å²) in [4.78, 5) is 12.4. The number of carbonyl (C=O) groups excluding carboxylic acids is 1. The van der Waals surface area contributed by atoms with Crippen LogP contribution in [0.2, 0.25) is 0 Å². The number of methoxy groups -OCH3 is 2. The van der Waals surface area contributed by atoms with Crippen LogP contribution >= 0.6 is 0 Å². The molecule has 0 saturated carbocycles. The monoisotopic (exact) mass is 386 g/mol. The van der Waals surface area contributed by atoms with E-state index < -0.39 is 18.0 Å². The average Bonchev–Trinajstić information content (AvgIpc) is 3.33. The van der Waals surface area contributed by atoms with Crippen LogP contribution in [0.4, 0.5) is 0 Å². The molecule has 0 bridgehead atoms. The highest BCUT2D eigenvalue weighted by molar-refractivity contribution is 5.76. The van der Waals surface area contributed by atoms with Gasteiger partial charge in [0.2, 0.25) is 6.79 Å². The predicted octanol–water partition coefficient (Wildman–Crippen LogP) is 2.50. The number of aliphatic hydroxyl groups excluding tert-OH is 1. The van der Waals surface area contributed by atoms with Crippen molar-refractivity contribution in [3.63, 3.8) is 0 Å². The van der Waals surface area contributed by atoms with E-state index in [1.165, 1.54) is 7.11 Å². The Labute approximate surface area is 162 Å². The van der Waals surface area contributed by atoms with Gasteiger partial charge in [-0.15, -0.1) is 0 Å². The average molecular weight is 386 g/mol. The first-order valence-corrected chi connectivity index (χ1v) is 9.06. The highest BCUT2D eigenvalue weighted by Crippen LogP contribution is 2.40. The summed E-state index contributed by atoms with van der Waals surface area (Å²) in [5.41, 5.74) is 1.58. The number of hydrogen-bond acceptors (Lipinski definition) is 7. The van der Waals surface area contributed by atoms with Crippen LogP contribution in [0.3, 0.4) is 0 Å². The molecule has 1 N–H and O–H groups in total. The Bertz CT molecular complexity index is 879. The molecule has 3 atom stereocenters. The van der Waals surface area contributed by atoms with E-state index in [9.17, 15) is 9.90 Å². The predicted molar refractivity (Wildman–Crippen MR) is 98.7 cm³/mol. The van der Waals surface area contributed by atoms with Crippen LogP contribution in [0.1, 0.15) is 17.2 Å². The molecule has 0 aromatic heterocycles. The number of carbonyl (C=O) groups is 1. The molecule has 1 fully saturated rings. The molecule has 0 aliphatic carbocycles. The van der Waals surface area contributed by atoms with E-state index in [2.05, 4.69) is 0 Å². The zero-order valence-corrected chi connectivity index (χ0v) is 15.7. The molecule has 7 nitrogen and oxygen atoms in total. The van der Waals surface area contributed by atoms with Crippen molar-refractivity contribution in [2.24, 2.45) is 11.8 Å². The molecule has 2 aromatic rings. The summed E-state index contributed by atoms with van der Waals surface area (Å²) in [5.74, 6) is 1.25. The molecule has 1 unspecified atom stereocenters. The van der Waals surface area contributed by atoms with E-state index >= 15 is 0 Å². The second-order valence-electron chi connectivity index (χ2n) is 6.87. The summed E-state index contributed by atoms with van der Waals surface area (Å²) < 4.78 is 26.6. The lowest BCUT2D eigenvalue weighted by Gasteiger charge is -2.22. The molecule has 0 amide bonds. The summed E-state index contributed by atoms with van der Waals surface area (Å²) in [7, 11) is 3.07. The van der Waals surface area contributed by atoms with Crippen molar-refractivity contribution in [1.29, 1.82) is 0 Å². The van der Waals surface area contributed by atoms with Crippen LogP contribution in [-0.2, 0) is 16.0 Å². The highest BCUT2D eigenvalue weighted by atomic mass is 16.7. The third kappa shape index (κ3) is 3.33. The number of esters is 1. The summed E-state index contributed by atoms with van der Waals surface area (Å²) in [5, 5.41) is 10.9. The minimum atomic E-state index is -1.01. The van der Waals surface area contributed by atoms with Crippen molar-refractivity contribution in [3.8, 4) is 23.0 Å². The molecule has 2 aliphatic heterocycles.